The summed E-state index contributed by atoms with van der Waals surface area (Å²) in [5.41, 5.74) is 6.97. The first-order valence-electron chi connectivity index (χ1n) is 10.5. The number of hydrogen-bond acceptors (Lipinski definition) is 6. The fourth-order valence-corrected chi connectivity index (χ4v) is 4.51. The van der Waals surface area contributed by atoms with Crippen LogP contribution in [-0.2, 0) is 12.7 Å². The molecule has 3 aromatic heterocycles. The molecule has 0 radical (unpaired) electrons. The third kappa shape index (κ3) is 4.75. The third-order valence-corrected chi connectivity index (χ3v) is 6.33. The van der Waals surface area contributed by atoms with Gasteiger partial charge in [-0.15, -0.1) is 11.3 Å². The van der Waals surface area contributed by atoms with Gasteiger partial charge in [0.25, 0.3) is 5.91 Å². The molecule has 0 aliphatic heterocycles. The molecular formula is C23H22F3N5O2S. The Morgan fingerprint density at radius 1 is 1.26 bits per heavy atom. The van der Waals surface area contributed by atoms with E-state index in [1.807, 2.05) is 13.0 Å². The van der Waals surface area contributed by atoms with Crippen LogP contribution in [0.2, 0.25) is 0 Å². The first kappa shape index (κ1) is 23.7. The van der Waals surface area contributed by atoms with Gasteiger partial charge in [-0.05, 0) is 25.6 Å². The minimum Gasteiger partial charge on any atom is -0.484 e. The number of carbonyl (C=O) groups is 1. The van der Waals surface area contributed by atoms with Crippen LogP contribution in [-0.4, -0.2) is 27.0 Å². The van der Waals surface area contributed by atoms with Crippen LogP contribution in [0.3, 0.4) is 0 Å². The van der Waals surface area contributed by atoms with Gasteiger partial charge in [0.1, 0.15) is 33.6 Å². The first-order chi connectivity index (χ1) is 16.2. The van der Waals surface area contributed by atoms with Gasteiger partial charge in [-0.3, -0.25) is 14.3 Å². The molecule has 3 N–H and O–H groups in total. The van der Waals surface area contributed by atoms with E-state index in [0.717, 1.165) is 35.2 Å². The summed E-state index contributed by atoms with van der Waals surface area (Å²) in [5.74, 6) is -0.623. The molecule has 0 spiro atoms. The Kier molecular flexibility index (Phi) is 6.58. The van der Waals surface area contributed by atoms with Gasteiger partial charge in [0.2, 0.25) is 0 Å². The number of nitrogens with two attached hydrogens (primary N) is 1. The van der Waals surface area contributed by atoms with E-state index in [1.54, 1.807) is 23.2 Å². The molecule has 0 unspecified atom stereocenters. The molecule has 0 fully saturated rings. The van der Waals surface area contributed by atoms with Gasteiger partial charge < -0.3 is 15.8 Å². The molecule has 34 heavy (non-hydrogen) atoms. The summed E-state index contributed by atoms with van der Waals surface area (Å²) in [4.78, 5) is 21.0. The van der Waals surface area contributed by atoms with E-state index < -0.39 is 23.8 Å². The van der Waals surface area contributed by atoms with Crippen molar-refractivity contribution in [1.82, 2.24) is 19.9 Å². The number of ether oxygens (including phenoxy) is 1. The van der Waals surface area contributed by atoms with Crippen molar-refractivity contribution in [3.05, 3.63) is 70.6 Å². The summed E-state index contributed by atoms with van der Waals surface area (Å²) in [6.45, 7) is 4.87. The van der Waals surface area contributed by atoms with Crippen molar-refractivity contribution in [2.75, 3.05) is 6.54 Å². The van der Waals surface area contributed by atoms with Crippen LogP contribution in [0.1, 0.15) is 46.4 Å². The van der Waals surface area contributed by atoms with E-state index in [0.29, 0.717) is 17.1 Å². The van der Waals surface area contributed by atoms with Crippen LogP contribution in [0.5, 0.6) is 5.75 Å². The van der Waals surface area contributed by atoms with E-state index in [4.69, 9.17) is 10.5 Å². The molecule has 4 rings (SSSR count). The van der Waals surface area contributed by atoms with Crippen LogP contribution < -0.4 is 15.8 Å². The largest absolute Gasteiger partial charge is 0.484 e. The molecule has 11 heteroatoms. The van der Waals surface area contributed by atoms with E-state index in [9.17, 15) is 18.0 Å². The zero-order valence-electron chi connectivity index (χ0n) is 18.4. The molecular weight excluding hydrogens is 467 g/mol. The lowest BCUT2D eigenvalue weighted by Gasteiger charge is -2.19. The Balaban J connectivity index is 1.71. The Hall–Kier alpha value is -3.44. The number of fused-ring (bicyclic) bond motifs is 1. The highest BCUT2D eigenvalue weighted by Gasteiger charge is 2.35. The van der Waals surface area contributed by atoms with Crippen LogP contribution in [0, 0.1) is 0 Å². The van der Waals surface area contributed by atoms with Gasteiger partial charge in [-0.1, -0.05) is 25.1 Å². The van der Waals surface area contributed by atoms with Crippen molar-refractivity contribution in [2.24, 2.45) is 5.73 Å². The topological polar surface area (TPSA) is 95.1 Å². The quantitative estimate of drug-likeness (QED) is 0.369. The lowest BCUT2D eigenvalue weighted by atomic mass is 10.0. The van der Waals surface area contributed by atoms with Gasteiger partial charge in [-0.2, -0.15) is 13.2 Å². The summed E-state index contributed by atoms with van der Waals surface area (Å²) < 4.78 is 48.0. The Labute approximate surface area is 197 Å². The Morgan fingerprint density at radius 2 is 2.03 bits per heavy atom. The number of amides is 1. The molecule has 4 aromatic rings. The summed E-state index contributed by atoms with van der Waals surface area (Å²) in [6, 6.07) is 8.65. The monoisotopic (exact) mass is 489 g/mol. The minimum absolute atomic E-state index is 0.0367. The van der Waals surface area contributed by atoms with Crippen molar-refractivity contribution < 1.29 is 22.7 Å². The van der Waals surface area contributed by atoms with Crippen LogP contribution in [0.4, 0.5) is 13.2 Å². The average molecular weight is 490 g/mol. The van der Waals surface area contributed by atoms with Crippen molar-refractivity contribution >= 4 is 28.3 Å². The highest BCUT2D eigenvalue weighted by Crippen LogP contribution is 2.39. The lowest BCUT2D eigenvalue weighted by molar-refractivity contribution is -0.138. The molecule has 0 aliphatic rings. The molecule has 0 saturated carbocycles. The Bertz CT molecular complexity index is 1330. The average Bonchev–Trinajstić information content (AvgIpc) is 3.40. The number of nitrogens with one attached hydrogen (secondary N) is 1. The van der Waals surface area contributed by atoms with Crippen LogP contribution in [0.25, 0.3) is 16.0 Å². The fraction of sp³-hybridized carbons (Fsp3) is 0.261. The molecule has 7 nitrogen and oxygen atoms in total. The van der Waals surface area contributed by atoms with Crippen molar-refractivity contribution in [1.29, 1.82) is 0 Å². The first-order valence-corrected chi connectivity index (χ1v) is 11.3. The predicted molar refractivity (Wildman–Crippen MR) is 123 cm³/mol. The van der Waals surface area contributed by atoms with Gasteiger partial charge >= 0.3 is 6.18 Å². The number of thiophene rings is 1. The fourth-order valence-electron chi connectivity index (χ4n) is 3.58. The van der Waals surface area contributed by atoms with E-state index in [-0.39, 0.29) is 16.2 Å². The zero-order chi connectivity index (χ0) is 24.5. The van der Waals surface area contributed by atoms with Gasteiger partial charge in [-0.25, -0.2) is 4.98 Å². The number of rotatable bonds is 8. The van der Waals surface area contributed by atoms with E-state index >= 15 is 0 Å². The zero-order valence-corrected chi connectivity index (χ0v) is 19.2. The van der Waals surface area contributed by atoms with Crippen LogP contribution >= 0.6 is 11.3 Å². The molecule has 1 aromatic carbocycles. The SMILES string of the molecule is CCNCc1cc2c(cn1)ncn2-c1cc(O[C@H](C)c2ccccc2C(F)(F)F)c(C(N)=O)s1. The number of imidazole rings is 1. The van der Waals surface area contributed by atoms with Crippen molar-refractivity contribution in [3.63, 3.8) is 0 Å². The number of primary amides is 1. The molecule has 0 bridgehead atoms. The van der Waals surface area contributed by atoms with E-state index in [2.05, 4.69) is 15.3 Å². The number of benzene rings is 1. The minimum atomic E-state index is -4.53. The highest BCUT2D eigenvalue weighted by atomic mass is 32.1. The number of pyridine rings is 1. The Morgan fingerprint density at radius 3 is 2.74 bits per heavy atom. The molecule has 3 heterocycles. The molecule has 1 amide bonds. The molecule has 0 saturated heterocycles. The van der Waals surface area contributed by atoms with Gasteiger partial charge in [0.05, 0.1) is 23.0 Å². The van der Waals surface area contributed by atoms with Crippen molar-refractivity contribution in [3.8, 4) is 10.8 Å². The molecule has 178 valence electrons. The standard InChI is InChI=1S/C23H22F3N5O2S/c1-3-28-10-14-8-18-17(11-29-14)30-12-31(18)20-9-19(21(34-20)22(27)32)33-13(2)15-6-4-5-7-16(15)23(24,25)26/h4-9,11-13,28H,3,10H2,1-2H3,(H2,27,32)/t13-/m1/s1. The summed E-state index contributed by atoms with van der Waals surface area (Å²) in [7, 11) is 0. The summed E-state index contributed by atoms with van der Waals surface area (Å²) in [6.07, 6.45) is -2.26. The summed E-state index contributed by atoms with van der Waals surface area (Å²) in [5, 5.41) is 3.80. The van der Waals surface area contributed by atoms with E-state index in [1.165, 1.54) is 25.1 Å². The molecule has 0 aliphatic carbocycles. The second kappa shape index (κ2) is 9.43. The second-order valence-corrected chi connectivity index (χ2v) is 8.58. The smallest absolute Gasteiger partial charge is 0.416 e. The number of carbonyl (C=O) groups excluding carboxylic acids is 1. The predicted octanol–water partition coefficient (Wildman–Crippen LogP) is 4.85. The third-order valence-electron chi connectivity index (χ3n) is 5.20. The molecule has 1 atom stereocenters. The van der Waals surface area contributed by atoms with Gasteiger partial charge in [0, 0.05) is 18.2 Å². The van der Waals surface area contributed by atoms with Gasteiger partial charge in [0.15, 0.2) is 0 Å². The number of nitrogens with zero attached hydrogens (tertiary/aromatic N) is 3. The maximum atomic E-state index is 13.5. The van der Waals surface area contributed by atoms with Crippen LogP contribution in [0.15, 0.2) is 48.9 Å². The summed E-state index contributed by atoms with van der Waals surface area (Å²) >= 11 is 1.08. The number of aromatic nitrogens is 3. The maximum absolute atomic E-state index is 13.5. The second-order valence-electron chi connectivity index (χ2n) is 7.55. The van der Waals surface area contributed by atoms with Crippen molar-refractivity contribution in [2.45, 2.75) is 32.7 Å². The lowest BCUT2D eigenvalue weighted by Crippen LogP contribution is -2.15. The number of hydrogen-bond donors (Lipinski definition) is 2. The highest BCUT2D eigenvalue weighted by molar-refractivity contribution is 7.16. The normalized spacial score (nSPS) is 12.7. The number of alkyl halides is 3. The maximum Gasteiger partial charge on any atom is 0.416 e. The number of halogens is 3.